The number of hydrogen-bond donors (Lipinski definition) is 0. The van der Waals surface area contributed by atoms with Gasteiger partial charge in [-0.15, -0.1) is 11.8 Å². The highest BCUT2D eigenvalue weighted by atomic mass is 32.2. The lowest BCUT2D eigenvalue weighted by Gasteiger charge is -2.30. The second-order valence-electron chi connectivity index (χ2n) is 10.6. The van der Waals surface area contributed by atoms with Crippen LogP contribution in [0.1, 0.15) is 27.5 Å². The molecule has 0 saturated carbocycles. The summed E-state index contributed by atoms with van der Waals surface area (Å²) in [6.07, 6.45) is 11.8. The third kappa shape index (κ3) is 5.87. The molecule has 0 saturated heterocycles. The lowest BCUT2D eigenvalue weighted by atomic mass is 9.85. The highest BCUT2D eigenvalue weighted by molar-refractivity contribution is 8.16. The summed E-state index contributed by atoms with van der Waals surface area (Å²) in [7, 11) is 0. The van der Waals surface area contributed by atoms with Crippen molar-refractivity contribution in [3.8, 4) is 0 Å². The molecule has 1 atom stereocenters. The number of carbonyl (C=O) groups is 1. The quantitative estimate of drug-likeness (QED) is 0.206. The zero-order valence-electron chi connectivity index (χ0n) is 23.7. The van der Waals surface area contributed by atoms with E-state index < -0.39 is 0 Å². The van der Waals surface area contributed by atoms with Crippen LogP contribution in [0.4, 0.5) is 0 Å². The van der Waals surface area contributed by atoms with Crippen LogP contribution < -0.4 is 5.11 Å². The molecule has 0 amide bonds. The van der Waals surface area contributed by atoms with Crippen LogP contribution in [0, 0.1) is 0 Å². The van der Waals surface area contributed by atoms with E-state index in [4.69, 9.17) is 0 Å². The van der Waals surface area contributed by atoms with E-state index in [1.165, 1.54) is 5.56 Å². The van der Waals surface area contributed by atoms with Gasteiger partial charge in [0.25, 0.3) is 0 Å². The molecule has 0 radical (unpaired) electrons. The van der Waals surface area contributed by atoms with Crippen molar-refractivity contribution in [3.63, 3.8) is 0 Å². The van der Waals surface area contributed by atoms with Gasteiger partial charge in [-0.2, -0.15) is 0 Å². The average Bonchev–Trinajstić information content (AvgIpc) is 3.10. The molecule has 7 rings (SSSR count). The third-order valence-corrected chi connectivity index (χ3v) is 10.0. The van der Waals surface area contributed by atoms with Crippen molar-refractivity contribution >= 4 is 44.0 Å². The van der Waals surface area contributed by atoms with Crippen LogP contribution in [-0.2, 0) is 4.79 Å². The van der Waals surface area contributed by atoms with Crippen molar-refractivity contribution < 1.29 is 9.90 Å². The molecule has 2 aliphatic heterocycles. The Balaban J connectivity index is 1.25. The Hall–Kier alpha value is -4.77. The molecule has 2 nitrogen and oxygen atoms in total. The van der Waals surface area contributed by atoms with Crippen molar-refractivity contribution in [2.45, 2.75) is 5.25 Å². The summed E-state index contributed by atoms with van der Waals surface area (Å²) >= 11 is 3.46. The minimum Gasteiger partial charge on any atom is -0.871 e. The van der Waals surface area contributed by atoms with Gasteiger partial charge in [-0.25, -0.2) is 0 Å². The first-order valence-corrected chi connectivity index (χ1v) is 16.1. The van der Waals surface area contributed by atoms with Crippen molar-refractivity contribution in [3.05, 3.63) is 208 Å². The lowest BCUT2D eigenvalue weighted by molar-refractivity contribution is -0.300. The van der Waals surface area contributed by atoms with Crippen LogP contribution in [0.25, 0.3) is 14.7 Å². The van der Waals surface area contributed by atoms with E-state index in [1.54, 1.807) is 35.7 Å². The molecule has 1 aliphatic carbocycles. The largest absolute Gasteiger partial charge is 0.871 e. The summed E-state index contributed by atoms with van der Waals surface area (Å²) in [6.45, 7) is 0. The average molecular weight is 604 g/mol. The zero-order chi connectivity index (χ0) is 29.9. The fourth-order valence-electron chi connectivity index (χ4n) is 5.35. The normalized spacial score (nSPS) is 19.1. The molecule has 4 heteroatoms. The number of allylic oxidation sites excluding steroid dienone is 9. The Kier molecular flexibility index (Phi) is 7.93. The van der Waals surface area contributed by atoms with E-state index in [1.807, 2.05) is 72.8 Å². The second-order valence-corrected chi connectivity index (χ2v) is 12.9. The summed E-state index contributed by atoms with van der Waals surface area (Å²) in [5, 5.41) is 13.5. The summed E-state index contributed by atoms with van der Waals surface area (Å²) < 4.78 is 0. The van der Waals surface area contributed by atoms with E-state index in [2.05, 4.69) is 72.8 Å². The monoisotopic (exact) mass is 603 g/mol. The first kappa shape index (κ1) is 28.0. The van der Waals surface area contributed by atoms with Gasteiger partial charge in [0.1, 0.15) is 0 Å². The Bertz CT molecular complexity index is 1890. The summed E-state index contributed by atoms with van der Waals surface area (Å²) in [4.78, 5) is 16.7. The first-order chi connectivity index (χ1) is 21.6. The van der Waals surface area contributed by atoms with Gasteiger partial charge in [-0.3, -0.25) is 4.79 Å². The van der Waals surface area contributed by atoms with Crippen LogP contribution in [0.3, 0.4) is 0 Å². The van der Waals surface area contributed by atoms with E-state index >= 15 is 0 Å². The van der Waals surface area contributed by atoms with Crippen LogP contribution >= 0.6 is 23.5 Å². The van der Waals surface area contributed by atoms with E-state index in [0.717, 1.165) is 42.6 Å². The lowest BCUT2D eigenvalue weighted by Crippen LogP contribution is -2.29. The van der Waals surface area contributed by atoms with Crippen molar-refractivity contribution in [1.29, 1.82) is 0 Å². The summed E-state index contributed by atoms with van der Waals surface area (Å²) in [5.41, 5.74) is 6.64. The number of hydrogen-bond acceptors (Lipinski definition) is 4. The van der Waals surface area contributed by atoms with Crippen molar-refractivity contribution in [2.24, 2.45) is 0 Å². The number of carbonyl (C=O) groups excluding carboxylic acids is 1. The number of benzene rings is 4. The third-order valence-electron chi connectivity index (χ3n) is 7.61. The highest BCUT2D eigenvalue weighted by Crippen LogP contribution is 2.47. The van der Waals surface area contributed by atoms with Gasteiger partial charge in [0.05, 0.1) is 5.25 Å². The van der Waals surface area contributed by atoms with Gasteiger partial charge in [0, 0.05) is 25.9 Å². The molecule has 212 valence electrons. The smallest absolute Gasteiger partial charge is 0.191 e. The molecule has 44 heavy (non-hydrogen) atoms. The van der Waals surface area contributed by atoms with Crippen LogP contribution in [0.2, 0.25) is 0 Å². The highest BCUT2D eigenvalue weighted by Gasteiger charge is 2.27. The Morgan fingerprint density at radius 3 is 1.61 bits per heavy atom. The number of ketones is 1. The van der Waals surface area contributed by atoms with E-state index in [9.17, 15) is 9.90 Å². The van der Waals surface area contributed by atoms with E-state index in [0.29, 0.717) is 0 Å². The molecule has 4 aromatic carbocycles. The Labute approximate surface area is 266 Å². The minimum absolute atomic E-state index is 0.0712. The maximum atomic E-state index is 13.5. The number of rotatable bonds is 6. The maximum Gasteiger partial charge on any atom is 0.191 e. The SMILES string of the molecule is O=C1C(C=C2C=C(c3ccccc3)SC(c3ccccc3)=C2)=C([O-])/C1=C/C1=CC(c2ccccc2)SC(c2ccccc2)=C1. The molecular formula is C40H27O2S2-. The fraction of sp³-hybridized carbons (Fsp3) is 0.0250. The minimum atomic E-state index is -0.213. The van der Waals surface area contributed by atoms with E-state index in [-0.39, 0.29) is 27.9 Å². The summed E-state index contributed by atoms with van der Waals surface area (Å²) in [6, 6.07) is 40.9. The van der Waals surface area contributed by atoms with Gasteiger partial charge < -0.3 is 5.11 Å². The standard InChI is InChI=1S/C40H28O2S2/c41-39-33(21-27-23-35(29-13-5-1-6-14-29)43-36(24-27)30-15-7-2-8-16-30)40(42)34(39)22-28-25-37(31-17-9-3-10-18-31)44-38(26-28)32-19-11-4-12-20-32/h1-26,35,41H/p-1/b33-21-. The summed E-state index contributed by atoms with van der Waals surface area (Å²) in [5.74, 6) is -0.426. The molecular weight excluding hydrogens is 577 g/mol. The number of Topliss-reactive ketones (excluding diaryl/α,β-unsaturated/α-hetero) is 1. The van der Waals surface area contributed by atoms with Crippen LogP contribution in [-0.4, -0.2) is 5.78 Å². The van der Waals surface area contributed by atoms with Gasteiger partial charge in [-0.05, 0) is 63.8 Å². The van der Waals surface area contributed by atoms with Crippen LogP contribution in [0.15, 0.2) is 186 Å². The first-order valence-electron chi connectivity index (χ1n) is 14.4. The second kappa shape index (κ2) is 12.5. The van der Waals surface area contributed by atoms with Crippen LogP contribution in [0.5, 0.6) is 0 Å². The van der Waals surface area contributed by atoms with Gasteiger partial charge in [0.2, 0.25) is 0 Å². The molecule has 0 N–H and O–H groups in total. The molecule has 2 heterocycles. The number of thioether (sulfide) groups is 2. The Morgan fingerprint density at radius 2 is 1.09 bits per heavy atom. The molecule has 3 aliphatic rings. The van der Waals surface area contributed by atoms with Crippen molar-refractivity contribution in [1.82, 2.24) is 0 Å². The van der Waals surface area contributed by atoms with Gasteiger partial charge in [-0.1, -0.05) is 145 Å². The maximum absolute atomic E-state index is 13.5. The fourth-order valence-corrected chi connectivity index (χ4v) is 7.76. The molecule has 0 bridgehead atoms. The molecule has 0 spiro atoms. The molecule has 0 fully saturated rings. The zero-order valence-corrected chi connectivity index (χ0v) is 25.4. The predicted molar refractivity (Wildman–Crippen MR) is 184 cm³/mol. The molecule has 1 unspecified atom stereocenters. The molecule has 0 aromatic heterocycles. The predicted octanol–water partition coefficient (Wildman–Crippen LogP) is 9.32. The van der Waals surface area contributed by atoms with Crippen molar-refractivity contribution in [2.75, 3.05) is 0 Å². The van der Waals surface area contributed by atoms with Gasteiger partial charge >= 0.3 is 0 Å². The Morgan fingerprint density at radius 1 is 0.591 bits per heavy atom. The topological polar surface area (TPSA) is 40.1 Å². The molecule has 4 aromatic rings. The van der Waals surface area contributed by atoms with Gasteiger partial charge in [0.15, 0.2) is 5.78 Å².